The van der Waals surface area contributed by atoms with Crippen molar-refractivity contribution in [2.45, 2.75) is 39.3 Å². The van der Waals surface area contributed by atoms with Crippen molar-refractivity contribution in [3.05, 3.63) is 53.6 Å². The average Bonchev–Trinajstić information content (AvgIpc) is 2.71. The Kier molecular flexibility index (Phi) is 7.72. The predicted molar refractivity (Wildman–Crippen MR) is 119 cm³/mol. The summed E-state index contributed by atoms with van der Waals surface area (Å²) in [6.07, 6.45) is 1.75. The molecule has 0 aromatic heterocycles. The SMILES string of the molecule is CCC(NC(=O)C(C)N(c1ccc(OC)cc1)S(C)(=O)=O)c1ccc(OC)c(C)c1. The van der Waals surface area contributed by atoms with Gasteiger partial charge in [0.05, 0.1) is 32.2 Å². The van der Waals surface area contributed by atoms with Crippen molar-refractivity contribution in [2.75, 3.05) is 24.8 Å². The number of ether oxygens (including phenoxy) is 2. The number of hydrogen-bond acceptors (Lipinski definition) is 5. The number of carbonyl (C=O) groups is 1. The van der Waals surface area contributed by atoms with Gasteiger partial charge in [-0.2, -0.15) is 0 Å². The molecule has 2 atom stereocenters. The van der Waals surface area contributed by atoms with Crippen molar-refractivity contribution >= 4 is 21.6 Å². The van der Waals surface area contributed by atoms with Crippen LogP contribution in [-0.4, -0.2) is 40.8 Å². The van der Waals surface area contributed by atoms with Crippen molar-refractivity contribution in [1.29, 1.82) is 0 Å². The van der Waals surface area contributed by atoms with Crippen LogP contribution in [0.2, 0.25) is 0 Å². The van der Waals surface area contributed by atoms with Gasteiger partial charge in [0.25, 0.3) is 0 Å². The monoisotopic (exact) mass is 434 g/mol. The third kappa shape index (κ3) is 5.44. The zero-order valence-electron chi connectivity index (χ0n) is 18.3. The number of amides is 1. The van der Waals surface area contributed by atoms with E-state index in [0.29, 0.717) is 17.9 Å². The van der Waals surface area contributed by atoms with E-state index in [4.69, 9.17) is 9.47 Å². The van der Waals surface area contributed by atoms with Crippen molar-refractivity contribution in [1.82, 2.24) is 5.32 Å². The van der Waals surface area contributed by atoms with Gasteiger partial charge in [0.1, 0.15) is 17.5 Å². The van der Waals surface area contributed by atoms with Gasteiger partial charge in [0.15, 0.2) is 0 Å². The maximum Gasteiger partial charge on any atom is 0.244 e. The van der Waals surface area contributed by atoms with Crippen LogP contribution in [0.25, 0.3) is 0 Å². The van der Waals surface area contributed by atoms with Gasteiger partial charge in [-0.25, -0.2) is 8.42 Å². The van der Waals surface area contributed by atoms with Crippen LogP contribution in [0.15, 0.2) is 42.5 Å². The van der Waals surface area contributed by atoms with Crippen LogP contribution < -0.4 is 19.1 Å². The molecule has 0 saturated heterocycles. The van der Waals surface area contributed by atoms with E-state index in [-0.39, 0.29) is 11.9 Å². The molecule has 2 aromatic rings. The van der Waals surface area contributed by atoms with Crippen molar-refractivity contribution < 1.29 is 22.7 Å². The molecule has 0 aliphatic carbocycles. The lowest BCUT2D eigenvalue weighted by molar-refractivity contribution is -0.122. The summed E-state index contributed by atoms with van der Waals surface area (Å²) in [7, 11) is -0.544. The molecule has 2 unspecified atom stereocenters. The number of anilines is 1. The first kappa shape index (κ1) is 23.5. The topological polar surface area (TPSA) is 84.9 Å². The van der Waals surface area contributed by atoms with Crippen molar-refractivity contribution in [2.24, 2.45) is 0 Å². The normalized spacial score (nSPS) is 13.3. The van der Waals surface area contributed by atoms with E-state index >= 15 is 0 Å². The number of carbonyl (C=O) groups excluding carboxylic acids is 1. The molecular weight excluding hydrogens is 404 g/mol. The molecule has 0 spiro atoms. The quantitative estimate of drug-likeness (QED) is 0.654. The Morgan fingerprint density at radius 1 is 1.10 bits per heavy atom. The highest BCUT2D eigenvalue weighted by Crippen LogP contribution is 2.26. The van der Waals surface area contributed by atoms with E-state index in [1.54, 1.807) is 38.3 Å². The fourth-order valence-corrected chi connectivity index (χ4v) is 4.54. The third-order valence-corrected chi connectivity index (χ3v) is 6.20. The number of methoxy groups -OCH3 is 2. The second kappa shape index (κ2) is 9.84. The Morgan fingerprint density at radius 3 is 2.20 bits per heavy atom. The summed E-state index contributed by atoms with van der Waals surface area (Å²) in [4.78, 5) is 13.0. The highest BCUT2D eigenvalue weighted by atomic mass is 32.2. The zero-order chi connectivity index (χ0) is 22.5. The van der Waals surface area contributed by atoms with Crippen LogP contribution in [0.1, 0.15) is 37.4 Å². The molecule has 0 radical (unpaired) electrons. The van der Waals surface area contributed by atoms with E-state index in [1.165, 1.54) is 7.11 Å². The molecular formula is C22H30N2O5S. The molecule has 7 nitrogen and oxygen atoms in total. The second-order valence-corrected chi connectivity index (χ2v) is 8.99. The van der Waals surface area contributed by atoms with Crippen LogP contribution >= 0.6 is 0 Å². The van der Waals surface area contributed by atoms with Gasteiger partial charge >= 0.3 is 0 Å². The van der Waals surface area contributed by atoms with Crippen LogP contribution in [0.4, 0.5) is 5.69 Å². The number of sulfonamides is 1. The summed E-state index contributed by atoms with van der Waals surface area (Å²) in [5.74, 6) is 0.998. The molecule has 8 heteroatoms. The Bertz CT molecular complexity index is 974. The highest BCUT2D eigenvalue weighted by Gasteiger charge is 2.30. The molecule has 0 bridgehead atoms. The molecule has 0 heterocycles. The summed E-state index contributed by atoms with van der Waals surface area (Å²) < 4.78 is 36.5. The minimum Gasteiger partial charge on any atom is -0.497 e. The standard InChI is InChI=1S/C22H30N2O5S/c1-7-20(17-8-13-21(29-5)15(2)14-17)23-22(25)16(3)24(30(6,26)27)18-9-11-19(28-4)12-10-18/h8-14,16,20H,7H2,1-6H3,(H,23,25). The van der Waals surface area contributed by atoms with Crippen LogP contribution in [0.5, 0.6) is 11.5 Å². The van der Waals surface area contributed by atoms with Crippen molar-refractivity contribution in [3.8, 4) is 11.5 Å². The Morgan fingerprint density at radius 2 is 1.73 bits per heavy atom. The summed E-state index contributed by atoms with van der Waals surface area (Å²) >= 11 is 0. The fourth-order valence-electron chi connectivity index (χ4n) is 3.37. The molecule has 1 amide bonds. The number of nitrogens with one attached hydrogen (secondary N) is 1. The molecule has 0 fully saturated rings. The molecule has 30 heavy (non-hydrogen) atoms. The van der Waals surface area contributed by atoms with Crippen LogP contribution in [0.3, 0.4) is 0 Å². The van der Waals surface area contributed by atoms with Crippen LogP contribution in [-0.2, 0) is 14.8 Å². The summed E-state index contributed by atoms with van der Waals surface area (Å²) in [6, 6.07) is 11.1. The number of hydrogen-bond donors (Lipinski definition) is 1. The maximum absolute atomic E-state index is 13.0. The summed E-state index contributed by atoms with van der Waals surface area (Å²) in [5.41, 5.74) is 2.30. The molecule has 2 aromatic carbocycles. The first-order valence-corrected chi connectivity index (χ1v) is 11.6. The molecule has 0 aliphatic rings. The Balaban J connectivity index is 2.28. The molecule has 0 saturated carbocycles. The minimum atomic E-state index is -3.69. The minimum absolute atomic E-state index is 0.248. The maximum atomic E-state index is 13.0. The van der Waals surface area contributed by atoms with E-state index in [9.17, 15) is 13.2 Å². The lowest BCUT2D eigenvalue weighted by Gasteiger charge is -2.30. The lowest BCUT2D eigenvalue weighted by atomic mass is 10.0. The lowest BCUT2D eigenvalue weighted by Crippen LogP contribution is -2.48. The van der Waals surface area contributed by atoms with E-state index in [1.807, 2.05) is 32.0 Å². The van der Waals surface area contributed by atoms with E-state index < -0.39 is 16.1 Å². The Hall–Kier alpha value is -2.74. The second-order valence-electron chi connectivity index (χ2n) is 7.13. The van der Waals surface area contributed by atoms with Crippen LogP contribution in [0, 0.1) is 6.92 Å². The Labute approximate surface area is 179 Å². The van der Waals surface area contributed by atoms with Gasteiger partial charge < -0.3 is 14.8 Å². The molecule has 1 N–H and O–H groups in total. The predicted octanol–water partition coefficient (Wildman–Crippen LogP) is 3.43. The molecule has 2 rings (SSSR count). The average molecular weight is 435 g/mol. The fraction of sp³-hybridized carbons (Fsp3) is 0.409. The molecule has 164 valence electrons. The zero-order valence-corrected chi connectivity index (χ0v) is 19.1. The number of aryl methyl sites for hydroxylation is 1. The third-order valence-electron chi connectivity index (χ3n) is 4.96. The summed E-state index contributed by atoms with van der Waals surface area (Å²) in [5, 5.41) is 2.98. The van der Waals surface area contributed by atoms with Gasteiger partial charge in [-0.15, -0.1) is 0 Å². The van der Waals surface area contributed by atoms with Crippen molar-refractivity contribution in [3.63, 3.8) is 0 Å². The van der Waals surface area contributed by atoms with E-state index in [2.05, 4.69) is 5.32 Å². The highest BCUT2D eigenvalue weighted by molar-refractivity contribution is 7.92. The number of nitrogens with zero attached hydrogens (tertiary/aromatic N) is 1. The van der Waals surface area contributed by atoms with Gasteiger partial charge in [0, 0.05) is 0 Å². The number of rotatable bonds is 9. The first-order chi connectivity index (χ1) is 14.1. The van der Waals surface area contributed by atoms with Gasteiger partial charge in [-0.1, -0.05) is 19.1 Å². The van der Waals surface area contributed by atoms with Gasteiger partial charge in [-0.05, 0) is 61.7 Å². The molecule has 0 aliphatic heterocycles. The first-order valence-electron chi connectivity index (χ1n) is 9.70. The van der Waals surface area contributed by atoms with Gasteiger partial charge in [0.2, 0.25) is 15.9 Å². The largest absolute Gasteiger partial charge is 0.497 e. The van der Waals surface area contributed by atoms with Gasteiger partial charge in [-0.3, -0.25) is 9.10 Å². The number of benzene rings is 2. The summed E-state index contributed by atoms with van der Waals surface area (Å²) in [6.45, 7) is 5.48. The smallest absolute Gasteiger partial charge is 0.244 e. The van der Waals surface area contributed by atoms with E-state index in [0.717, 1.165) is 27.4 Å².